The fourth-order valence-electron chi connectivity index (χ4n) is 3.30. The van der Waals surface area contributed by atoms with E-state index < -0.39 is 0 Å². The van der Waals surface area contributed by atoms with E-state index in [4.69, 9.17) is 4.84 Å². The van der Waals surface area contributed by atoms with Gasteiger partial charge in [-0.15, -0.1) is 0 Å². The van der Waals surface area contributed by atoms with Gasteiger partial charge in [-0.1, -0.05) is 19.8 Å². The molecule has 2 fully saturated rings. The lowest BCUT2D eigenvalue weighted by Crippen LogP contribution is -2.43. The summed E-state index contributed by atoms with van der Waals surface area (Å²) in [6.45, 7) is 8.37. The minimum absolute atomic E-state index is 0.479. The third-order valence-electron chi connectivity index (χ3n) is 4.60. The molecule has 0 radical (unpaired) electrons. The molecule has 106 valence electrons. The summed E-state index contributed by atoms with van der Waals surface area (Å²) >= 11 is 0. The molecule has 1 N–H and O–H groups in total. The van der Waals surface area contributed by atoms with Gasteiger partial charge in [0.1, 0.15) is 0 Å². The van der Waals surface area contributed by atoms with Gasteiger partial charge in [-0.05, 0) is 64.6 Å². The van der Waals surface area contributed by atoms with Crippen LogP contribution in [0, 0.1) is 5.92 Å². The summed E-state index contributed by atoms with van der Waals surface area (Å²) in [5, 5.41) is 0. The highest BCUT2D eigenvalue weighted by Crippen LogP contribution is 2.23. The molecule has 18 heavy (non-hydrogen) atoms. The number of nitrogens with zero attached hydrogens (tertiary/aromatic N) is 1. The van der Waals surface area contributed by atoms with Crippen LogP contribution in [0.5, 0.6) is 0 Å². The zero-order valence-corrected chi connectivity index (χ0v) is 12.2. The maximum absolute atomic E-state index is 5.83. The van der Waals surface area contributed by atoms with E-state index in [1.165, 1.54) is 64.6 Å². The van der Waals surface area contributed by atoms with Crippen LogP contribution in [0.25, 0.3) is 0 Å². The first-order valence-corrected chi connectivity index (χ1v) is 7.93. The van der Waals surface area contributed by atoms with E-state index in [2.05, 4.69) is 24.2 Å². The molecular formula is C15H30N2O. The van der Waals surface area contributed by atoms with E-state index in [9.17, 15) is 0 Å². The normalized spacial score (nSPS) is 25.7. The Kier molecular flexibility index (Phi) is 5.93. The summed E-state index contributed by atoms with van der Waals surface area (Å²) in [7, 11) is 0. The van der Waals surface area contributed by atoms with Gasteiger partial charge in [0.2, 0.25) is 0 Å². The smallest absolute Gasteiger partial charge is 0.0790 e. The minimum Gasteiger partial charge on any atom is -0.303 e. The van der Waals surface area contributed by atoms with Crippen LogP contribution in [0.4, 0.5) is 0 Å². The first-order chi connectivity index (χ1) is 8.79. The quantitative estimate of drug-likeness (QED) is 0.738. The van der Waals surface area contributed by atoms with Gasteiger partial charge < -0.3 is 4.90 Å². The zero-order chi connectivity index (χ0) is 12.8. The summed E-state index contributed by atoms with van der Waals surface area (Å²) in [4.78, 5) is 8.43. The zero-order valence-electron chi connectivity index (χ0n) is 12.2. The van der Waals surface area contributed by atoms with Crippen molar-refractivity contribution in [2.75, 3.05) is 19.6 Å². The second-order valence-electron chi connectivity index (χ2n) is 6.11. The first kappa shape index (κ1) is 14.3. The molecule has 1 unspecified atom stereocenters. The van der Waals surface area contributed by atoms with E-state index in [0.717, 1.165) is 5.92 Å². The number of hydrogen-bond donors (Lipinski definition) is 1. The highest BCUT2D eigenvalue weighted by Gasteiger charge is 2.24. The molecule has 0 spiro atoms. The van der Waals surface area contributed by atoms with Gasteiger partial charge in [-0.3, -0.25) is 4.84 Å². The predicted octanol–water partition coefficient (Wildman–Crippen LogP) is 2.96. The van der Waals surface area contributed by atoms with Crippen LogP contribution >= 0.6 is 0 Å². The van der Waals surface area contributed by atoms with Crippen molar-refractivity contribution in [3.8, 4) is 0 Å². The minimum atomic E-state index is 0.479. The molecule has 1 aliphatic heterocycles. The molecular weight excluding hydrogens is 224 g/mol. The van der Waals surface area contributed by atoms with Crippen molar-refractivity contribution in [3.63, 3.8) is 0 Å². The first-order valence-electron chi connectivity index (χ1n) is 7.93. The Morgan fingerprint density at radius 2 is 1.83 bits per heavy atom. The van der Waals surface area contributed by atoms with Crippen molar-refractivity contribution in [2.24, 2.45) is 5.92 Å². The lowest BCUT2D eigenvalue weighted by Gasteiger charge is -2.35. The summed E-state index contributed by atoms with van der Waals surface area (Å²) in [5.74, 6) is 0.791. The van der Waals surface area contributed by atoms with Crippen molar-refractivity contribution in [1.29, 1.82) is 0 Å². The number of piperidine rings is 1. The van der Waals surface area contributed by atoms with Gasteiger partial charge in [0, 0.05) is 6.04 Å². The molecule has 0 amide bonds. The van der Waals surface area contributed by atoms with E-state index in [0.29, 0.717) is 12.1 Å². The fourth-order valence-corrected chi connectivity index (χ4v) is 3.30. The molecule has 1 aliphatic carbocycles. The van der Waals surface area contributed by atoms with Crippen LogP contribution in [0.2, 0.25) is 0 Å². The lowest BCUT2D eigenvalue weighted by atomic mass is 9.91. The Bertz CT molecular complexity index is 221. The van der Waals surface area contributed by atoms with Gasteiger partial charge >= 0.3 is 0 Å². The van der Waals surface area contributed by atoms with Crippen molar-refractivity contribution in [3.05, 3.63) is 0 Å². The SMILES string of the molecule is CCCN1CCC(C(C)NOC2CCCC2)CC1. The molecule has 0 aromatic heterocycles. The molecule has 0 aromatic carbocycles. The molecule has 1 saturated carbocycles. The standard InChI is InChI=1S/C15H30N2O/c1-3-10-17-11-8-14(9-12-17)13(2)16-18-15-6-4-5-7-15/h13-16H,3-12H2,1-2H3. The molecule has 1 saturated heterocycles. The summed E-state index contributed by atoms with van der Waals surface area (Å²) in [5.41, 5.74) is 3.32. The molecule has 3 nitrogen and oxygen atoms in total. The van der Waals surface area contributed by atoms with Crippen molar-refractivity contribution >= 4 is 0 Å². The van der Waals surface area contributed by atoms with Gasteiger partial charge in [-0.2, -0.15) is 5.48 Å². The Morgan fingerprint density at radius 3 is 2.44 bits per heavy atom. The molecule has 3 heteroatoms. The third-order valence-corrected chi connectivity index (χ3v) is 4.60. The largest absolute Gasteiger partial charge is 0.303 e. The molecule has 0 bridgehead atoms. The number of likely N-dealkylation sites (tertiary alicyclic amines) is 1. The molecule has 2 rings (SSSR count). The van der Waals surface area contributed by atoms with Crippen LogP contribution in [0.15, 0.2) is 0 Å². The Balaban J connectivity index is 1.62. The van der Waals surface area contributed by atoms with Crippen molar-refractivity contribution in [2.45, 2.75) is 70.9 Å². The monoisotopic (exact) mass is 254 g/mol. The number of rotatable bonds is 6. The van der Waals surface area contributed by atoms with Crippen LogP contribution in [0.3, 0.4) is 0 Å². The van der Waals surface area contributed by atoms with Crippen LogP contribution < -0.4 is 5.48 Å². The number of hydroxylamine groups is 1. The molecule has 0 aromatic rings. The maximum atomic E-state index is 5.83. The van der Waals surface area contributed by atoms with Crippen LogP contribution in [-0.2, 0) is 4.84 Å². The van der Waals surface area contributed by atoms with E-state index in [1.807, 2.05) is 0 Å². The van der Waals surface area contributed by atoms with Gasteiger partial charge in [0.25, 0.3) is 0 Å². The Morgan fingerprint density at radius 1 is 1.17 bits per heavy atom. The average molecular weight is 254 g/mol. The van der Waals surface area contributed by atoms with Crippen LogP contribution in [-0.4, -0.2) is 36.7 Å². The fraction of sp³-hybridized carbons (Fsp3) is 1.00. The second-order valence-corrected chi connectivity index (χ2v) is 6.11. The second kappa shape index (κ2) is 7.46. The Labute approximate surface area is 112 Å². The molecule has 1 heterocycles. The number of nitrogens with one attached hydrogen (secondary N) is 1. The van der Waals surface area contributed by atoms with Gasteiger partial charge in [-0.25, -0.2) is 0 Å². The summed E-state index contributed by atoms with van der Waals surface area (Å²) in [6, 6.07) is 0.509. The van der Waals surface area contributed by atoms with E-state index in [1.54, 1.807) is 0 Å². The van der Waals surface area contributed by atoms with E-state index in [-0.39, 0.29) is 0 Å². The topological polar surface area (TPSA) is 24.5 Å². The highest BCUT2D eigenvalue weighted by molar-refractivity contribution is 4.78. The van der Waals surface area contributed by atoms with Crippen molar-refractivity contribution < 1.29 is 4.84 Å². The Hall–Kier alpha value is -0.120. The third kappa shape index (κ3) is 4.22. The lowest BCUT2D eigenvalue weighted by molar-refractivity contribution is -0.0519. The molecule has 1 atom stereocenters. The average Bonchev–Trinajstić information content (AvgIpc) is 2.90. The molecule has 2 aliphatic rings. The van der Waals surface area contributed by atoms with Crippen LogP contribution in [0.1, 0.15) is 58.8 Å². The summed E-state index contributed by atoms with van der Waals surface area (Å²) in [6.07, 6.45) is 9.58. The summed E-state index contributed by atoms with van der Waals surface area (Å²) < 4.78 is 0. The highest BCUT2D eigenvalue weighted by atomic mass is 16.7. The van der Waals surface area contributed by atoms with Crippen molar-refractivity contribution in [1.82, 2.24) is 10.4 Å². The van der Waals surface area contributed by atoms with Gasteiger partial charge in [0.15, 0.2) is 0 Å². The van der Waals surface area contributed by atoms with E-state index >= 15 is 0 Å². The van der Waals surface area contributed by atoms with Gasteiger partial charge in [0.05, 0.1) is 6.10 Å². The maximum Gasteiger partial charge on any atom is 0.0790 e. The number of hydrogen-bond acceptors (Lipinski definition) is 3. The predicted molar refractivity (Wildman–Crippen MR) is 75.4 cm³/mol.